The van der Waals surface area contributed by atoms with Gasteiger partial charge in [0.2, 0.25) is 0 Å². The summed E-state index contributed by atoms with van der Waals surface area (Å²) in [6.45, 7) is 35.3. The van der Waals surface area contributed by atoms with Crippen molar-refractivity contribution < 1.29 is 43.7 Å². The van der Waals surface area contributed by atoms with Crippen LogP contribution in [0.25, 0.3) is 32.7 Å². The second-order valence-corrected chi connectivity index (χ2v) is 30.7. The number of aromatic hydroxyl groups is 3. The van der Waals surface area contributed by atoms with Gasteiger partial charge in [-0.05, 0) is 144 Å². The maximum atomic E-state index is 13.1. The summed E-state index contributed by atoms with van der Waals surface area (Å²) in [5.41, 5.74) is 14.0. The molecule has 0 unspecified atom stereocenters. The molecule has 0 radical (unpaired) electrons. The van der Waals surface area contributed by atoms with Gasteiger partial charge in [-0.15, -0.1) is 0 Å². The predicted octanol–water partition coefficient (Wildman–Crippen LogP) is 18.8. The van der Waals surface area contributed by atoms with Crippen LogP contribution in [0.2, 0.25) is 0 Å². The number of phenols is 3. The van der Waals surface area contributed by atoms with E-state index < -0.39 is 0 Å². The lowest BCUT2D eigenvalue weighted by atomic mass is 9.79. The Morgan fingerprint density at radius 1 is 0.272 bits per heavy atom. The molecule has 11 rings (SSSR count). The van der Waals surface area contributed by atoms with Gasteiger partial charge in [0.25, 0.3) is 0 Å². The van der Waals surface area contributed by atoms with Crippen molar-refractivity contribution >= 4 is 21.5 Å². The van der Waals surface area contributed by atoms with Gasteiger partial charge in [0.1, 0.15) is 66.7 Å². The topological polar surface area (TPSA) is 116 Å². The Morgan fingerprint density at radius 3 is 0.783 bits per heavy atom. The van der Waals surface area contributed by atoms with Crippen LogP contribution in [0.3, 0.4) is 0 Å². The number of rotatable bonds is 0. The summed E-state index contributed by atoms with van der Waals surface area (Å²) < 4.78 is 40.8. The van der Waals surface area contributed by atoms with Gasteiger partial charge >= 0.3 is 0 Å². The fourth-order valence-corrected chi connectivity index (χ4v) is 13.0. The van der Waals surface area contributed by atoms with E-state index in [2.05, 4.69) is 225 Å². The first-order chi connectivity index (χ1) is 43.5. The lowest BCUT2D eigenvalue weighted by molar-refractivity contribution is 0.0757. The van der Waals surface area contributed by atoms with E-state index in [1.54, 1.807) is 0 Å². The van der Waals surface area contributed by atoms with Crippen LogP contribution in [0.4, 0.5) is 0 Å². The summed E-state index contributed by atoms with van der Waals surface area (Å²) in [6, 6.07) is 47.0. The van der Waals surface area contributed by atoms with Crippen molar-refractivity contribution in [2.75, 3.05) is 52.9 Å². The minimum absolute atomic E-state index is 0.181. The van der Waals surface area contributed by atoms with Crippen LogP contribution in [0.1, 0.15) is 187 Å². The predicted molar refractivity (Wildman–Crippen MR) is 375 cm³/mol. The summed E-state index contributed by atoms with van der Waals surface area (Å²) in [7, 11) is 0. The van der Waals surface area contributed by atoms with Crippen molar-refractivity contribution in [3.8, 4) is 51.4 Å². The molecule has 482 valence electrons. The normalized spacial score (nSPS) is 15.2. The van der Waals surface area contributed by atoms with Crippen molar-refractivity contribution in [3.63, 3.8) is 0 Å². The van der Waals surface area contributed by atoms with Gasteiger partial charge in [0.05, 0.1) is 26.4 Å². The minimum Gasteiger partial charge on any atom is -0.507 e. The van der Waals surface area contributed by atoms with E-state index in [4.69, 9.17) is 28.4 Å². The third-order valence-corrected chi connectivity index (χ3v) is 18.5. The van der Waals surface area contributed by atoms with Crippen molar-refractivity contribution in [1.82, 2.24) is 0 Å². The smallest absolute Gasteiger partial charge is 0.128 e. The highest BCUT2D eigenvalue weighted by molar-refractivity contribution is 6.09. The second kappa shape index (κ2) is 25.8. The van der Waals surface area contributed by atoms with E-state index in [0.29, 0.717) is 50.4 Å². The Balaban J connectivity index is 1.13. The zero-order valence-electron chi connectivity index (χ0n) is 57.2. The van der Waals surface area contributed by atoms with Crippen molar-refractivity contribution in [2.45, 2.75) is 163 Å². The molecule has 3 N–H and O–H groups in total. The summed E-state index contributed by atoms with van der Waals surface area (Å²) in [4.78, 5) is 0. The summed E-state index contributed by atoms with van der Waals surface area (Å²) in [5.74, 6) is 3.37. The van der Waals surface area contributed by atoms with Gasteiger partial charge in [-0.3, -0.25) is 0 Å². The second-order valence-electron chi connectivity index (χ2n) is 30.7. The fraction of sp³-hybridized carbons (Fsp3) is 0.398. The average molecular weight is 1240 g/mol. The highest BCUT2D eigenvalue weighted by Crippen LogP contribution is 2.48. The Labute approximate surface area is 546 Å². The van der Waals surface area contributed by atoms with E-state index in [-0.39, 0.29) is 90.4 Å². The first-order valence-electron chi connectivity index (χ1n) is 33.1. The summed E-state index contributed by atoms with van der Waals surface area (Å²) in [6.07, 6.45) is 1.69. The highest BCUT2D eigenvalue weighted by Gasteiger charge is 2.30. The van der Waals surface area contributed by atoms with Crippen molar-refractivity contribution in [1.29, 1.82) is 0 Å². The molecule has 9 heteroatoms. The van der Waals surface area contributed by atoms with E-state index in [1.165, 1.54) is 0 Å². The van der Waals surface area contributed by atoms with Gasteiger partial charge in [-0.2, -0.15) is 0 Å². The van der Waals surface area contributed by atoms with Crippen molar-refractivity contribution in [2.24, 2.45) is 0 Å². The van der Waals surface area contributed by atoms with Crippen LogP contribution >= 0.6 is 0 Å². The zero-order chi connectivity index (χ0) is 65.7. The molecular formula is C83H96O9. The third kappa shape index (κ3) is 14.3. The summed E-state index contributed by atoms with van der Waals surface area (Å²) >= 11 is 0. The standard InChI is InChI=1S/C83H96O9/c1-79(2,3)63-41-53-36-54-42-64(80(4,5)6)44-56(75(54)85)38-60-48-67(83(13,14)15)50-62-40-58-46-65(81(7,8)9)45-57(76(58)86)39-61-49-66(82(10,11)12)47-59(37-55(43-63)74(53)84)77(61)91-34-30-87-28-32-89-70-26-24-51-20-16-18-22-68(51)72(70)73-69-23-19-17-21-52(69)25-27-71(73)90-33-29-88-31-35-92-78(60)62/h16-27,41-50,84-86H,28-40H2,1-15H3. The zero-order valence-corrected chi connectivity index (χ0v) is 57.2. The maximum absolute atomic E-state index is 13.1. The number of hydrogen-bond donors (Lipinski definition) is 3. The SMILES string of the molecule is CC(C)(C)c1cc2c(O)c(c1)Cc1cc(C(C)(C)C)cc3c1OCCOCCOc1ccc4ccccc4c1-c1c(ccc4ccccc14)OCCOCCOc1c(cc(C(C)(C)C)cc1Cc1cc(C(C)(C)C)cc(c1O)C3)Cc1cc(C(C)(C)C)cc(c1O)C2. The summed E-state index contributed by atoms with van der Waals surface area (Å²) in [5, 5.41) is 43.3. The van der Waals surface area contributed by atoms with E-state index in [9.17, 15) is 15.3 Å². The molecule has 0 saturated carbocycles. The molecule has 0 saturated heterocycles. The Morgan fingerprint density at radius 2 is 0.511 bits per heavy atom. The average Bonchev–Trinajstić information content (AvgIpc) is 0.771. The highest BCUT2D eigenvalue weighted by atomic mass is 16.6. The molecule has 0 atom stereocenters. The van der Waals surface area contributed by atoms with Crippen LogP contribution in [-0.2, 0) is 68.7 Å². The molecular weight excluding hydrogens is 1140 g/mol. The number of fused-ring (bicyclic) bond motifs is 11. The van der Waals surface area contributed by atoms with Crippen molar-refractivity contribution in [3.05, 3.63) is 217 Å². The lowest BCUT2D eigenvalue weighted by Crippen LogP contribution is -2.17. The Kier molecular flexibility index (Phi) is 18.4. The number of phenolic OH excluding ortho intramolecular Hbond substituents is 3. The molecule has 1 aliphatic heterocycles. The first-order valence-corrected chi connectivity index (χ1v) is 33.1. The van der Waals surface area contributed by atoms with Crippen LogP contribution in [-0.4, -0.2) is 68.2 Å². The molecule has 12 bridgehead atoms. The molecule has 0 aromatic heterocycles. The number of hydrogen-bond acceptors (Lipinski definition) is 9. The van der Waals surface area contributed by atoms with E-state index >= 15 is 0 Å². The molecule has 0 spiro atoms. The van der Waals surface area contributed by atoms with E-state index in [1.807, 2.05) is 12.1 Å². The van der Waals surface area contributed by atoms with Crippen LogP contribution in [0.5, 0.6) is 40.2 Å². The molecule has 1 aliphatic carbocycles. The van der Waals surface area contributed by atoms with Gasteiger partial charge in [-0.1, -0.05) is 225 Å². The molecule has 2 aliphatic rings. The van der Waals surface area contributed by atoms with Gasteiger partial charge < -0.3 is 43.7 Å². The largest absolute Gasteiger partial charge is 0.507 e. The van der Waals surface area contributed by atoms with Crippen LogP contribution in [0, 0.1) is 0 Å². The van der Waals surface area contributed by atoms with Gasteiger partial charge in [0, 0.05) is 43.2 Å². The molecule has 92 heavy (non-hydrogen) atoms. The third-order valence-electron chi connectivity index (χ3n) is 18.5. The maximum Gasteiger partial charge on any atom is 0.128 e. The molecule has 9 aromatic carbocycles. The van der Waals surface area contributed by atoms with Crippen LogP contribution < -0.4 is 18.9 Å². The number of benzene rings is 9. The van der Waals surface area contributed by atoms with E-state index in [0.717, 1.165) is 128 Å². The minimum atomic E-state index is -0.298. The Bertz CT molecular complexity index is 3950. The van der Waals surface area contributed by atoms with Gasteiger partial charge in [0.15, 0.2) is 0 Å². The molecule has 1 heterocycles. The van der Waals surface area contributed by atoms with Crippen LogP contribution in [0.15, 0.2) is 133 Å². The van der Waals surface area contributed by atoms with Gasteiger partial charge in [-0.25, -0.2) is 0 Å². The quantitative estimate of drug-likeness (QED) is 0.136. The fourth-order valence-electron chi connectivity index (χ4n) is 13.0. The molecule has 9 nitrogen and oxygen atoms in total. The molecule has 0 fully saturated rings. The first kappa shape index (κ1) is 65.5. The lowest BCUT2D eigenvalue weighted by Gasteiger charge is -2.28. The number of ether oxygens (including phenoxy) is 6. The molecule has 9 aromatic rings. The monoisotopic (exact) mass is 1240 g/mol. The molecule has 0 amide bonds. The Hall–Kier alpha value is -7.98.